The quantitative estimate of drug-likeness (QED) is 0.791. The lowest BCUT2D eigenvalue weighted by Crippen LogP contribution is -2.40. The molecule has 0 atom stereocenters. The van der Waals surface area contributed by atoms with Gasteiger partial charge in [-0.25, -0.2) is 0 Å². The molecule has 1 aromatic rings. The lowest BCUT2D eigenvalue weighted by atomic mass is 10.1. The smallest absolute Gasteiger partial charge is 0.257 e. The molecule has 5 heteroatoms. The van der Waals surface area contributed by atoms with Crippen molar-refractivity contribution in [2.75, 3.05) is 11.9 Å². The van der Waals surface area contributed by atoms with Crippen molar-refractivity contribution in [3.05, 3.63) is 28.2 Å². The highest BCUT2D eigenvalue weighted by atomic mass is 79.9. The molecule has 1 saturated carbocycles. The normalized spacial score (nSPS) is 15.7. The van der Waals surface area contributed by atoms with E-state index in [1.807, 2.05) is 4.90 Å². The summed E-state index contributed by atoms with van der Waals surface area (Å²) in [5.74, 6) is -0.0340. The Balaban J connectivity index is 2.22. The average Bonchev–Trinajstić information content (AvgIpc) is 2.89. The van der Waals surface area contributed by atoms with Crippen LogP contribution in [0.3, 0.4) is 0 Å². The topological polar surface area (TPSA) is 40.5 Å². The predicted octanol–water partition coefficient (Wildman–Crippen LogP) is 3.93. The van der Waals surface area contributed by atoms with Crippen LogP contribution in [0.25, 0.3) is 0 Å². The van der Waals surface area contributed by atoms with E-state index in [9.17, 15) is 9.90 Å². The first kappa shape index (κ1) is 14.9. The van der Waals surface area contributed by atoms with E-state index in [2.05, 4.69) is 31.9 Å². The number of benzene rings is 1. The fourth-order valence-electron chi connectivity index (χ4n) is 2.60. The van der Waals surface area contributed by atoms with Gasteiger partial charge >= 0.3 is 0 Å². The third-order valence-corrected chi connectivity index (χ3v) is 4.39. The molecular formula is C14H17Br2NO2. The molecule has 0 unspecified atom stereocenters. The minimum Gasteiger partial charge on any atom is -0.507 e. The second kappa shape index (κ2) is 6.75. The van der Waals surface area contributed by atoms with Crippen molar-refractivity contribution < 1.29 is 9.90 Å². The number of hydrogen-bond donors (Lipinski definition) is 1. The van der Waals surface area contributed by atoms with Gasteiger partial charge in [-0.1, -0.05) is 44.7 Å². The largest absolute Gasteiger partial charge is 0.507 e. The molecule has 1 aliphatic rings. The molecule has 0 bridgehead atoms. The number of phenolic OH excluding ortho intramolecular Hbond substituents is 1. The fourth-order valence-corrected chi connectivity index (χ4v) is 3.33. The molecule has 1 amide bonds. The molecular weight excluding hydrogens is 374 g/mol. The van der Waals surface area contributed by atoms with Crippen molar-refractivity contribution >= 4 is 37.8 Å². The average molecular weight is 391 g/mol. The molecule has 1 fully saturated rings. The van der Waals surface area contributed by atoms with Gasteiger partial charge in [0.1, 0.15) is 5.75 Å². The van der Waals surface area contributed by atoms with Crippen LogP contribution in [-0.4, -0.2) is 33.8 Å². The summed E-state index contributed by atoms with van der Waals surface area (Å²) >= 11 is 6.69. The van der Waals surface area contributed by atoms with E-state index >= 15 is 0 Å². The lowest BCUT2D eigenvalue weighted by Gasteiger charge is -2.28. The van der Waals surface area contributed by atoms with Crippen LogP contribution in [0.1, 0.15) is 36.0 Å². The first-order chi connectivity index (χ1) is 9.13. The van der Waals surface area contributed by atoms with E-state index in [1.165, 1.54) is 12.8 Å². The van der Waals surface area contributed by atoms with Gasteiger partial charge in [-0.2, -0.15) is 0 Å². The van der Waals surface area contributed by atoms with E-state index in [0.29, 0.717) is 18.2 Å². The zero-order chi connectivity index (χ0) is 13.8. The Kier molecular flexibility index (Phi) is 5.28. The Labute approximate surface area is 130 Å². The number of amides is 1. The van der Waals surface area contributed by atoms with Gasteiger partial charge in [0.25, 0.3) is 5.91 Å². The van der Waals surface area contributed by atoms with Crippen molar-refractivity contribution in [3.63, 3.8) is 0 Å². The highest BCUT2D eigenvalue weighted by molar-refractivity contribution is 9.10. The summed E-state index contributed by atoms with van der Waals surface area (Å²) in [6, 6.07) is 5.34. The van der Waals surface area contributed by atoms with Crippen LogP contribution < -0.4 is 0 Å². The summed E-state index contributed by atoms with van der Waals surface area (Å²) in [5.41, 5.74) is 0.385. The maximum absolute atomic E-state index is 12.6. The number of nitrogens with zero attached hydrogens (tertiary/aromatic N) is 1. The molecule has 0 radical (unpaired) electrons. The number of carbonyl (C=O) groups excluding carboxylic acids is 1. The van der Waals surface area contributed by atoms with Crippen LogP contribution in [0.4, 0.5) is 0 Å². The minimum atomic E-state index is -0.0728. The molecule has 0 heterocycles. The standard InChI is InChI=1S/C14H17Br2NO2/c15-7-8-17(11-3-1-2-4-11)14(19)12-6-5-10(16)9-13(12)18/h5-6,9,11,18H,1-4,7-8H2. The molecule has 3 nitrogen and oxygen atoms in total. The van der Waals surface area contributed by atoms with Crippen molar-refractivity contribution in [1.29, 1.82) is 0 Å². The van der Waals surface area contributed by atoms with E-state index < -0.39 is 0 Å². The Bertz CT molecular complexity index is 459. The molecule has 19 heavy (non-hydrogen) atoms. The van der Waals surface area contributed by atoms with Crippen molar-refractivity contribution in [1.82, 2.24) is 4.90 Å². The van der Waals surface area contributed by atoms with E-state index in [-0.39, 0.29) is 11.7 Å². The highest BCUT2D eigenvalue weighted by Gasteiger charge is 2.28. The summed E-state index contributed by atoms with van der Waals surface area (Å²) in [4.78, 5) is 14.5. The number of hydrogen-bond acceptors (Lipinski definition) is 2. The molecule has 104 valence electrons. The van der Waals surface area contributed by atoms with Crippen molar-refractivity contribution in [2.24, 2.45) is 0 Å². The molecule has 0 spiro atoms. The van der Waals surface area contributed by atoms with Gasteiger partial charge < -0.3 is 10.0 Å². The third-order valence-electron chi connectivity index (χ3n) is 3.54. The Hall–Kier alpha value is -0.550. The first-order valence-electron chi connectivity index (χ1n) is 6.49. The number of rotatable bonds is 4. The zero-order valence-electron chi connectivity index (χ0n) is 10.6. The van der Waals surface area contributed by atoms with Gasteiger partial charge in [-0.3, -0.25) is 4.79 Å². The van der Waals surface area contributed by atoms with Crippen LogP contribution >= 0.6 is 31.9 Å². The summed E-state index contributed by atoms with van der Waals surface area (Å²) in [6.07, 6.45) is 4.50. The molecule has 0 aliphatic heterocycles. The molecule has 1 aliphatic carbocycles. The SMILES string of the molecule is O=C(c1ccc(Br)cc1O)N(CCBr)C1CCCC1. The maximum Gasteiger partial charge on any atom is 0.257 e. The van der Waals surface area contributed by atoms with Crippen LogP contribution in [-0.2, 0) is 0 Å². The van der Waals surface area contributed by atoms with Gasteiger partial charge in [0, 0.05) is 22.4 Å². The van der Waals surface area contributed by atoms with Crippen LogP contribution in [0.15, 0.2) is 22.7 Å². The van der Waals surface area contributed by atoms with Gasteiger partial charge in [0.05, 0.1) is 5.56 Å². The van der Waals surface area contributed by atoms with Crippen molar-refractivity contribution in [3.8, 4) is 5.75 Å². The number of alkyl halides is 1. The number of carbonyl (C=O) groups is 1. The monoisotopic (exact) mass is 389 g/mol. The summed E-state index contributed by atoms with van der Waals surface area (Å²) in [5, 5.41) is 10.7. The van der Waals surface area contributed by atoms with Gasteiger partial charge in [-0.15, -0.1) is 0 Å². The van der Waals surface area contributed by atoms with Crippen LogP contribution in [0, 0.1) is 0 Å². The maximum atomic E-state index is 12.6. The highest BCUT2D eigenvalue weighted by Crippen LogP contribution is 2.28. The Morgan fingerprint density at radius 3 is 2.63 bits per heavy atom. The molecule has 0 saturated heterocycles. The molecule has 0 aromatic heterocycles. The summed E-state index contributed by atoms with van der Waals surface area (Å²) in [6.45, 7) is 0.680. The van der Waals surface area contributed by atoms with Gasteiger partial charge in [0.2, 0.25) is 0 Å². The second-order valence-electron chi connectivity index (χ2n) is 4.79. The van der Waals surface area contributed by atoms with E-state index in [4.69, 9.17) is 0 Å². The minimum absolute atomic E-state index is 0.0388. The third kappa shape index (κ3) is 3.51. The zero-order valence-corrected chi connectivity index (χ0v) is 13.8. The lowest BCUT2D eigenvalue weighted by molar-refractivity contribution is 0.0693. The molecule has 2 rings (SSSR count). The van der Waals surface area contributed by atoms with E-state index in [1.54, 1.807) is 18.2 Å². The number of aromatic hydroxyl groups is 1. The second-order valence-corrected chi connectivity index (χ2v) is 6.50. The summed E-state index contributed by atoms with van der Waals surface area (Å²) in [7, 11) is 0. The summed E-state index contributed by atoms with van der Waals surface area (Å²) < 4.78 is 0.773. The van der Waals surface area contributed by atoms with Crippen LogP contribution in [0.2, 0.25) is 0 Å². The van der Waals surface area contributed by atoms with Crippen molar-refractivity contribution in [2.45, 2.75) is 31.7 Å². The number of halogens is 2. The molecule has 1 N–H and O–H groups in total. The number of phenols is 1. The molecule has 1 aromatic carbocycles. The fraction of sp³-hybridized carbons (Fsp3) is 0.500. The van der Waals surface area contributed by atoms with Gasteiger partial charge in [-0.05, 0) is 31.0 Å². The Morgan fingerprint density at radius 2 is 2.05 bits per heavy atom. The predicted molar refractivity (Wildman–Crippen MR) is 82.9 cm³/mol. The van der Waals surface area contributed by atoms with E-state index in [0.717, 1.165) is 22.6 Å². The Morgan fingerprint density at radius 1 is 1.37 bits per heavy atom. The van der Waals surface area contributed by atoms with Crippen LogP contribution in [0.5, 0.6) is 5.75 Å². The van der Waals surface area contributed by atoms with Gasteiger partial charge in [0.15, 0.2) is 0 Å². The first-order valence-corrected chi connectivity index (χ1v) is 8.40.